The first-order valence-electron chi connectivity index (χ1n) is 5.89. The van der Waals surface area contributed by atoms with Gasteiger partial charge in [0.1, 0.15) is 0 Å². The molecule has 1 saturated carbocycles. The zero-order valence-electron chi connectivity index (χ0n) is 9.93. The quantitative estimate of drug-likeness (QED) is 0.903. The summed E-state index contributed by atoms with van der Waals surface area (Å²) in [6.45, 7) is 0. The summed E-state index contributed by atoms with van der Waals surface area (Å²) in [6.07, 6.45) is 4.98. The third-order valence-electron chi connectivity index (χ3n) is 3.51. The number of methoxy groups -OCH3 is 1. The van der Waals surface area contributed by atoms with E-state index >= 15 is 0 Å². The maximum absolute atomic E-state index is 14.3. The van der Waals surface area contributed by atoms with E-state index in [1.165, 1.54) is 13.5 Å². The van der Waals surface area contributed by atoms with Crippen LogP contribution in [0.1, 0.15) is 37.7 Å². The molecule has 1 fully saturated rings. The first-order valence-corrected chi connectivity index (χ1v) is 6.68. The van der Waals surface area contributed by atoms with Crippen LogP contribution in [0.5, 0.6) is 5.75 Å². The number of hydrogen-bond acceptors (Lipinski definition) is 2. The third kappa shape index (κ3) is 2.47. The van der Waals surface area contributed by atoms with E-state index in [-0.39, 0.29) is 11.6 Å². The van der Waals surface area contributed by atoms with Crippen LogP contribution < -0.4 is 10.5 Å². The van der Waals surface area contributed by atoms with Gasteiger partial charge in [-0.2, -0.15) is 0 Å². The minimum Gasteiger partial charge on any atom is -0.494 e. The molecule has 1 aliphatic carbocycles. The molecule has 2 nitrogen and oxygen atoms in total. The highest BCUT2D eigenvalue weighted by Gasteiger charge is 2.33. The molecule has 0 heterocycles. The molecule has 0 saturated heterocycles. The van der Waals surface area contributed by atoms with Crippen molar-refractivity contribution in [1.82, 2.24) is 0 Å². The van der Waals surface area contributed by atoms with Crippen molar-refractivity contribution < 1.29 is 9.13 Å². The average Bonchev–Trinajstić information content (AvgIpc) is 2.32. The van der Waals surface area contributed by atoms with Crippen LogP contribution in [0, 0.1) is 5.82 Å². The minimum atomic E-state index is -0.542. The molecule has 0 unspecified atom stereocenters. The lowest BCUT2D eigenvalue weighted by Gasteiger charge is -2.34. The van der Waals surface area contributed by atoms with Crippen molar-refractivity contribution in [2.24, 2.45) is 5.73 Å². The Labute approximate surface area is 109 Å². The van der Waals surface area contributed by atoms with E-state index in [1.807, 2.05) is 0 Å². The zero-order chi connectivity index (χ0) is 12.5. The fraction of sp³-hybridized carbons (Fsp3) is 0.538. The van der Waals surface area contributed by atoms with Crippen LogP contribution in [0.15, 0.2) is 16.6 Å². The topological polar surface area (TPSA) is 35.2 Å². The zero-order valence-corrected chi connectivity index (χ0v) is 11.5. The van der Waals surface area contributed by atoms with Gasteiger partial charge in [-0.15, -0.1) is 0 Å². The van der Waals surface area contributed by atoms with Crippen LogP contribution in [0.3, 0.4) is 0 Å². The van der Waals surface area contributed by atoms with E-state index in [2.05, 4.69) is 15.9 Å². The lowest BCUT2D eigenvalue weighted by atomic mass is 9.77. The highest BCUT2D eigenvalue weighted by atomic mass is 79.9. The third-order valence-corrected chi connectivity index (χ3v) is 3.96. The molecule has 1 aromatic rings. The largest absolute Gasteiger partial charge is 0.494 e. The monoisotopic (exact) mass is 301 g/mol. The number of nitrogens with two attached hydrogens (primary N) is 1. The van der Waals surface area contributed by atoms with Gasteiger partial charge in [-0.1, -0.05) is 35.2 Å². The van der Waals surface area contributed by atoms with Gasteiger partial charge in [0.15, 0.2) is 11.6 Å². The molecule has 0 spiro atoms. The van der Waals surface area contributed by atoms with E-state index in [0.717, 1.165) is 30.2 Å². The highest BCUT2D eigenvalue weighted by molar-refractivity contribution is 9.10. The standard InChI is InChI=1S/C13H17BrFNO/c1-17-11-8-9(14)7-10(12(11)15)13(16)5-3-2-4-6-13/h7-8H,2-6,16H2,1H3. The van der Waals surface area contributed by atoms with Crippen LogP contribution in [-0.2, 0) is 5.54 Å². The van der Waals surface area contributed by atoms with Gasteiger partial charge in [0, 0.05) is 15.6 Å². The molecule has 0 aliphatic heterocycles. The molecule has 1 aromatic carbocycles. The van der Waals surface area contributed by atoms with Gasteiger partial charge in [-0.05, 0) is 25.0 Å². The Kier molecular flexibility index (Phi) is 3.73. The van der Waals surface area contributed by atoms with Gasteiger partial charge in [0.25, 0.3) is 0 Å². The van der Waals surface area contributed by atoms with E-state index < -0.39 is 5.54 Å². The summed E-state index contributed by atoms with van der Waals surface area (Å²) in [7, 11) is 1.47. The summed E-state index contributed by atoms with van der Waals surface area (Å²) < 4.78 is 20.1. The van der Waals surface area contributed by atoms with Crippen molar-refractivity contribution in [1.29, 1.82) is 0 Å². The molecule has 0 aromatic heterocycles. The summed E-state index contributed by atoms with van der Waals surface area (Å²) in [6, 6.07) is 3.41. The SMILES string of the molecule is COc1cc(Br)cc(C2(N)CCCCC2)c1F. The van der Waals surface area contributed by atoms with Gasteiger partial charge in [-0.25, -0.2) is 4.39 Å². The van der Waals surface area contributed by atoms with Gasteiger partial charge >= 0.3 is 0 Å². The molecule has 2 N–H and O–H groups in total. The Morgan fingerprint density at radius 1 is 1.29 bits per heavy atom. The molecule has 0 radical (unpaired) electrons. The number of benzene rings is 1. The summed E-state index contributed by atoms with van der Waals surface area (Å²) in [4.78, 5) is 0. The minimum absolute atomic E-state index is 0.254. The van der Waals surface area contributed by atoms with E-state index in [4.69, 9.17) is 10.5 Å². The van der Waals surface area contributed by atoms with E-state index in [0.29, 0.717) is 5.56 Å². The molecule has 1 aliphatic rings. The molecule has 0 amide bonds. The van der Waals surface area contributed by atoms with Crippen molar-refractivity contribution in [2.75, 3.05) is 7.11 Å². The first-order chi connectivity index (χ1) is 8.07. The second-order valence-corrected chi connectivity index (χ2v) is 5.60. The predicted molar refractivity (Wildman–Crippen MR) is 69.6 cm³/mol. The lowest BCUT2D eigenvalue weighted by molar-refractivity contribution is 0.287. The molecule has 0 bridgehead atoms. The number of rotatable bonds is 2. The van der Waals surface area contributed by atoms with Crippen LogP contribution in [0.4, 0.5) is 4.39 Å². The van der Waals surface area contributed by atoms with E-state index in [9.17, 15) is 4.39 Å². The van der Waals surface area contributed by atoms with Crippen molar-refractivity contribution in [2.45, 2.75) is 37.6 Å². The maximum atomic E-state index is 14.3. The van der Waals surface area contributed by atoms with Gasteiger partial charge in [-0.3, -0.25) is 0 Å². The Bertz CT molecular complexity index is 416. The molecule has 0 atom stereocenters. The fourth-order valence-electron chi connectivity index (χ4n) is 2.53. The van der Waals surface area contributed by atoms with Gasteiger partial charge < -0.3 is 10.5 Å². The second-order valence-electron chi connectivity index (χ2n) is 4.69. The maximum Gasteiger partial charge on any atom is 0.170 e. The van der Waals surface area contributed by atoms with E-state index in [1.54, 1.807) is 12.1 Å². The first kappa shape index (κ1) is 12.8. The van der Waals surface area contributed by atoms with Crippen molar-refractivity contribution >= 4 is 15.9 Å². The molecular weight excluding hydrogens is 285 g/mol. The van der Waals surface area contributed by atoms with Crippen LogP contribution in [-0.4, -0.2) is 7.11 Å². The normalized spacial score (nSPS) is 19.1. The Morgan fingerprint density at radius 2 is 1.94 bits per heavy atom. The van der Waals surface area contributed by atoms with Crippen molar-refractivity contribution in [3.8, 4) is 5.75 Å². The predicted octanol–water partition coefficient (Wildman–Crippen LogP) is 3.71. The summed E-state index contributed by atoms with van der Waals surface area (Å²) >= 11 is 3.38. The number of hydrogen-bond donors (Lipinski definition) is 1. The molecule has 4 heteroatoms. The summed E-state index contributed by atoms with van der Waals surface area (Å²) in [5.41, 5.74) is 6.39. The molecular formula is C13H17BrFNO. The smallest absolute Gasteiger partial charge is 0.170 e. The van der Waals surface area contributed by atoms with Gasteiger partial charge in [0.2, 0.25) is 0 Å². The summed E-state index contributed by atoms with van der Waals surface area (Å²) in [5, 5.41) is 0. The number of ether oxygens (including phenoxy) is 1. The van der Waals surface area contributed by atoms with Crippen molar-refractivity contribution in [3.05, 3.63) is 28.0 Å². The Hall–Kier alpha value is -0.610. The van der Waals surface area contributed by atoms with Crippen LogP contribution in [0.2, 0.25) is 0 Å². The van der Waals surface area contributed by atoms with Crippen LogP contribution in [0.25, 0.3) is 0 Å². The number of halogens is 2. The molecule has 2 rings (SSSR count). The lowest BCUT2D eigenvalue weighted by Crippen LogP contribution is -2.39. The summed E-state index contributed by atoms with van der Waals surface area (Å²) in [5.74, 6) is -0.0649. The van der Waals surface area contributed by atoms with Gasteiger partial charge in [0.05, 0.1) is 7.11 Å². The molecule has 17 heavy (non-hydrogen) atoms. The highest BCUT2D eigenvalue weighted by Crippen LogP contribution is 2.39. The van der Waals surface area contributed by atoms with Crippen molar-refractivity contribution in [3.63, 3.8) is 0 Å². The second kappa shape index (κ2) is 4.94. The Balaban J connectivity index is 2.46. The average molecular weight is 302 g/mol. The Morgan fingerprint density at radius 3 is 2.53 bits per heavy atom. The fourth-order valence-corrected chi connectivity index (χ4v) is 2.96. The van der Waals surface area contributed by atoms with Crippen LogP contribution >= 0.6 is 15.9 Å². The molecule has 94 valence electrons.